The van der Waals surface area contributed by atoms with Crippen LogP contribution in [0.1, 0.15) is 37.3 Å². The summed E-state index contributed by atoms with van der Waals surface area (Å²) in [6.07, 6.45) is 4.49. The van der Waals surface area contributed by atoms with Gasteiger partial charge in [-0.2, -0.15) is 0 Å². The van der Waals surface area contributed by atoms with E-state index in [-0.39, 0.29) is 12.6 Å². The zero-order valence-electron chi connectivity index (χ0n) is 11.0. The second-order valence-corrected chi connectivity index (χ2v) is 6.36. The molecule has 0 saturated heterocycles. The minimum atomic E-state index is -0.987. The number of hydrogen-bond donors (Lipinski definition) is 2. The van der Waals surface area contributed by atoms with E-state index in [1.165, 1.54) is 29.1 Å². The van der Waals surface area contributed by atoms with Gasteiger partial charge in [0, 0.05) is 17.8 Å². The molecule has 0 spiro atoms. The normalized spacial score (nSPS) is 17.8. The number of thiazole rings is 1. The van der Waals surface area contributed by atoms with E-state index in [0.717, 1.165) is 18.5 Å². The molecule has 2 saturated carbocycles. The number of hydrogen-bond acceptors (Lipinski definition) is 4. The number of aromatic nitrogens is 1. The van der Waals surface area contributed by atoms with Crippen LogP contribution in [0.25, 0.3) is 0 Å². The number of urea groups is 1. The van der Waals surface area contributed by atoms with Gasteiger partial charge in [0.25, 0.3) is 0 Å². The molecule has 6 nitrogen and oxygen atoms in total. The van der Waals surface area contributed by atoms with Gasteiger partial charge in [0.1, 0.15) is 6.54 Å². The topological polar surface area (TPSA) is 82.5 Å². The van der Waals surface area contributed by atoms with Gasteiger partial charge in [-0.05, 0) is 31.6 Å². The molecule has 0 atom stereocenters. The first-order valence-electron chi connectivity index (χ1n) is 6.85. The molecule has 1 aromatic rings. The Morgan fingerprint density at radius 2 is 2.15 bits per heavy atom. The molecule has 20 heavy (non-hydrogen) atoms. The van der Waals surface area contributed by atoms with Gasteiger partial charge in [-0.15, -0.1) is 11.3 Å². The molecule has 2 aliphatic rings. The highest BCUT2D eigenvalue weighted by Crippen LogP contribution is 2.40. The summed E-state index contributed by atoms with van der Waals surface area (Å²) in [5.41, 5.74) is 1.04. The third-order valence-electron chi connectivity index (χ3n) is 3.52. The van der Waals surface area contributed by atoms with Crippen molar-refractivity contribution in [3.05, 3.63) is 11.1 Å². The van der Waals surface area contributed by atoms with Crippen molar-refractivity contribution in [2.24, 2.45) is 5.92 Å². The fourth-order valence-electron chi connectivity index (χ4n) is 2.08. The molecule has 0 radical (unpaired) electrons. The Labute approximate surface area is 120 Å². The van der Waals surface area contributed by atoms with Crippen LogP contribution in [0.3, 0.4) is 0 Å². The number of amides is 2. The van der Waals surface area contributed by atoms with E-state index in [1.54, 1.807) is 0 Å². The van der Waals surface area contributed by atoms with Crippen molar-refractivity contribution >= 4 is 28.5 Å². The Hall–Kier alpha value is -1.63. The standard InChI is InChI=1S/C13H17N3O3S/c17-11(18)6-16(5-8-1-2-8)13(19)15-12-14-10(7-20-12)9-3-4-9/h7-9H,1-6H2,(H,17,18)(H,14,15,19). The molecule has 7 heteroatoms. The number of nitrogens with one attached hydrogen (secondary N) is 1. The third kappa shape index (κ3) is 3.47. The molecule has 2 N–H and O–H groups in total. The van der Waals surface area contributed by atoms with Crippen LogP contribution in [0, 0.1) is 5.92 Å². The number of carbonyl (C=O) groups is 2. The quantitative estimate of drug-likeness (QED) is 0.844. The first-order chi connectivity index (χ1) is 9.61. The highest BCUT2D eigenvalue weighted by molar-refractivity contribution is 7.13. The Morgan fingerprint density at radius 3 is 2.75 bits per heavy atom. The van der Waals surface area contributed by atoms with Gasteiger partial charge in [0.15, 0.2) is 5.13 Å². The van der Waals surface area contributed by atoms with Crippen LogP contribution >= 0.6 is 11.3 Å². The molecule has 2 aliphatic carbocycles. The Kier molecular flexibility index (Phi) is 3.60. The van der Waals surface area contributed by atoms with Gasteiger partial charge in [-0.3, -0.25) is 10.1 Å². The molecule has 2 fully saturated rings. The maximum Gasteiger partial charge on any atom is 0.324 e. The van der Waals surface area contributed by atoms with Crippen LogP contribution in [-0.2, 0) is 4.79 Å². The summed E-state index contributed by atoms with van der Waals surface area (Å²) in [7, 11) is 0. The van der Waals surface area contributed by atoms with E-state index in [1.807, 2.05) is 5.38 Å². The number of rotatable bonds is 6. The zero-order chi connectivity index (χ0) is 14.1. The van der Waals surface area contributed by atoms with E-state index < -0.39 is 5.97 Å². The highest BCUT2D eigenvalue weighted by Gasteiger charge is 2.29. The smallest absolute Gasteiger partial charge is 0.324 e. The van der Waals surface area contributed by atoms with Crippen molar-refractivity contribution in [1.82, 2.24) is 9.88 Å². The molecule has 0 bridgehead atoms. The molecule has 0 aromatic carbocycles. The molecule has 0 aliphatic heterocycles. The zero-order valence-corrected chi connectivity index (χ0v) is 11.9. The van der Waals surface area contributed by atoms with Crippen molar-refractivity contribution in [3.8, 4) is 0 Å². The van der Waals surface area contributed by atoms with Crippen LogP contribution in [0.5, 0.6) is 0 Å². The van der Waals surface area contributed by atoms with Gasteiger partial charge in [-0.1, -0.05) is 0 Å². The van der Waals surface area contributed by atoms with E-state index in [4.69, 9.17) is 5.11 Å². The largest absolute Gasteiger partial charge is 0.480 e. The Bertz CT molecular complexity index is 523. The van der Waals surface area contributed by atoms with E-state index in [2.05, 4.69) is 10.3 Å². The average molecular weight is 295 g/mol. The number of anilines is 1. The van der Waals surface area contributed by atoms with Crippen LogP contribution in [0.15, 0.2) is 5.38 Å². The first kappa shape index (κ1) is 13.4. The lowest BCUT2D eigenvalue weighted by Gasteiger charge is -2.20. The van der Waals surface area contributed by atoms with Crippen LogP contribution in [-0.4, -0.2) is 40.1 Å². The summed E-state index contributed by atoms with van der Waals surface area (Å²) in [6, 6.07) is -0.365. The minimum Gasteiger partial charge on any atom is -0.480 e. The first-order valence-corrected chi connectivity index (χ1v) is 7.73. The lowest BCUT2D eigenvalue weighted by Crippen LogP contribution is -2.40. The van der Waals surface area contributed by atoms with Crippen molar-refractivity contribution in [1.29, 1.82) is 0 Å². The second-order valence-electron chi connectivity index (χ2n) is 5.50. The number of carbonyl (C=O) groups excluding carboxylic acids is 1. The summed E-state index contributed by atoms with van der Waals surface area (Å²) >= 11 is 1.40. The highest BCUT2D eigenvalue weighted by atomic mass is 32.1. The number of nitrogens with zero attached hydrogens (tertiary/aromatic N) is 2. The van der Waals surface area contributed by atoms with Gasteiger partial charge in [0.2, 0.25) is 0 Å². The summed E-state index contributed by atoms with van der Waals surface area (Å²) in [5, 5.41) is 14.1. The van der Waals surface area contributed by atoms with Crippen LogP contribution in [0.4, 0.5) is 9.93 Å². The summed E-state index contributed by atoms with van der Waals surface area (Å²) in [5.74, 6) is 0.0236. The van der Waals surface area contributed by atoms with Crippen molar-refractivity contribution in [2.45, 2.75) is 31.6 Å². The Morgan fingerprint density at radius 1 is 1.40 bits per heavy atom. The monoisotopic (exact) mass is 295 g/mol. The van der Waals surface area contributed by atoms with Gasteiger partial charge >= 0.3 is 12.0 Å². The predicted octanol–water partition coefficient (Wildman–Crippen LogP) is 2.35. The van der Waals surface area contributed by atoms with E-state index in [9.17, 15) is 9.59 Å². The molecule has 3 rings (SSSR count). The lowest BCUT2D eigenvalue weighted by atomic mass is 10.3. The van der Waals surface area contributed by atoms with E-state index in [0.29, 0.717) is 23.5 Å². The van der Waals surface area contributed by atoms with Gasteiger partial charge in [0.05, 0.1) is 5.69 Å². The molecule has 2 amide bonds. The summed E-state index contributed by atoms with van der Waals surface area (Å²) in [6.45, 7) is 0.252. The van der Waals surface area contributed by atoms with Crippen molar-refractivity contribution in [3.63, 3.8) is 0 Å². The van der Waals surface area contributed by atoms with Crippen LogP contribution in [0.2, 0.25) is 0 Å². The maximum atomic E-state index is 12.1. The molecule has 1 aromatic heterocycles. The number of aliphatic carboxylic acids is 1. The minimum absolute atomic E-state index is 0.261. The summed E-state index contributed by atoms with van der Waals surface area (Å²) in [4.78, 5) is 28.7. The molecule has 1 heterocycles. The summed E-state index contributed by atoms with van der Waals surface area (Å²) < 4.78 is 0. The van der Waals surface area contributed by atoms with Crippen LogP contribution < -0.4 is 5.32 Å². The fraction of sp³-hybridized carbons (Fsp3) is 0.615. The van der Waals surface area contributed by atoms with Crippen molar-refractivity contribution < 1.29 is 14.7 Å². The Balaban J connectivity index is 1.59. The third-order valence-corrected chi connectivity index (χ3v) is 4.30. The SMILES string of the molecule is O=C(O)CN(CC1CC1)C(=O)Nc1nc(C2CC2)cs1. The molecular weight excluding hydrogens is 278 g/mol. The predicted molar refractivity (Wildman–Crippen MR) is 75.0 cm³/mol. The molecule has 108 valence electrons. The molecular formula is C13H17N3O3S. The van der Waals surface area contributed by atoms with Gasteiger partial charge in [-0.25, -0.2) is 9.78 Å². The maximum absolute atomic E-state index is 12.1. The average Bonchev–Trinajstić information content (AvgIpc) is 3.30. The fourth-order valence-corrected chi connectivity index (χ4v) is 2.86. The number of carboxylic acid groups (broad SMARTS) is 1. The molecule has 0 unspecified atom stereocenters. The number of carboxylic acids is 1. The van der Waals surface area contributed by atoms with Crippen molar-refractivity contribution in [2.75, 3.05) is 18.4 Å². The lowest BCUT2D eigenvalue weighted by molar-refractivity contribution is -0.137. The van der Waals surface area contributed by atoms with Gasteiger partial charge < -0.3 is 10.0 Å². The second kappa shape index (κ2) is 5.40. The van der Waals surface area contributed by atoms with E-state index >= 15 is 0 Å².